The molecule has 200 valence electrons. The van der Waals surface area contributed by atoms with Gasteiger partial charge in [0.05, 0.1) is 26.9 Å². The molecule has 0 radical (unpaired) electrons. The van der Waals surface area contributed by atoms with E-state index in [1.54, 1.807) is 7.11 Å². The molecule has 0 unspecified atom stereocenters. The van der Waals surface area contributed by atoms with E-state index in [2.05, 4.69) is 53.5 Å². The summed E-state index contributed by atoms with van der Waals surface area (Å²) in [7, 11) is 3.14. The summed E-state index contributed by atoms with van der Waals surface area (Å²) in [5.74, 6) is 1.29. The van der Waals surface area contributed by atoms with Crippen molar-refractivity contribution in [2.24, 2.45) is 5.92 Å². The van der Waals surface area contributed by atoms with Crippen molar-refractivity contribution in [1.29, 1.82) is 0 Å². The smallest absolute Gasteiger partial charge is 0.305 e. The number of carbonyl (C=O) groups excluding carboxylic acids is 1. The molecule has 2 aromatic carbocycles. The molecule has 3 atom stereocenters. The summed E-state index contributed by atoms with van der Waals surface area (Å²) in [5.41, 5.74) is 3.61. The number of allylic oxidation sites excluding steroid dienone is 2. The van der Waals surface area contributed by atoms with Crippen LogP contribution in [0.3, 0.4) is 0 Å². The van der Waals surface area contributed by atoms with E-state index in [4.69, 9.17) is 14.2 Å². The molecule has 2 aromatic rings. The van der Waals surface area contributed by atoms with Crippen molar-refractivity contribution in [3.8, 4) is 16.9 Å². The van der Waals surface area contributed by atoms with E-state index in [1.165, 1.54) is 62.6 Å². The fourth-order valence-electron chi connectivity index (χ4n) is 5.91. The molecule has 0 bridgehead atoms. The maximum Gasteiger partial charge on any atom is 0.305 e. The maximum atomic E-state index is 11.3. The highest BCUT2D eigenvalue weighted by atomic mass is 16.5. The predicted octanol–water partition coefficient (Wildman–Crippen LogP) is 6.80. The van der Waals surface area contributed by atoms with Gasteiger partial charge in [-0.3, -0.25) is 4.79 Å². The first kappa shape index (κ1) is 27.4. The Morgan fingerprint density at radius 2 is 1.57 bits per heavy atom. The number of piperidine rings is 1. The molecule has 37 heavy (non-hydrogen) atoms. The van der Waals surface area contributed by atoms with E-state index < -0.39 is 0 Å². The lowest BCUT2D eigenvalue weighted by molar-refractivity contribution is -0.140. The molecule has 5 heteroatoms. The first-order valence-electron chi connectivity index (χ1n) is 14.0. The first-order valence-corrected chi connectivity index (χ1v) is 14.0. The molecular weight excluding hydrogens is 462 g/mol. The average molecular weight is 506 g/mol. The molecule has 0 aromatic heterocycles. The molecule has 1 heterocycles. The zero-order valence-electron chi connectivity index (χ0n) is 22.6. The summed E-state index contributed by atoms with van der Waals surface area (Å²) in [5, 5.41) is 0. The van der Waals surface area contributed by atoms with Crippen molar-refractivity contribution in [1.82, 2.24) is 4.90 Å². The fourth-order valence-corrected chi connectivity index (χ4v) is 5.91. The van der Waals surface area contributed by atoms with Crippen LogP contribution in [0.1, 0.15) is 63.4 Å². The molecule has 2 fully saturated rings. The summed E-state index contributed by atoms with van der Waals surface area (Å²) >= 11 is 0. The quantitative estimate of drug-likeness (QED) is 0.234. The summed E-state index contributed by atoms with van der Waals surface area (Å²) < 4.78 is 16.6. The Kier molecular flexibility index (Phi) is 10.6. The number of hydrogen-bond acceptors (Lipinski definition) is 5. The molecule has 2 aliphatic rings. The molecular formula is C32H43NO4. The molecule has 0 amide bonds. The number of nitrogens with zero attached hydrogens (tertiary/aromatic N) is 1. The molecule has 0 N–H and O–H groups in total. The Morgan fingerprint density at radius 1 is 0.892 bits per heavy atom. The third kappa shape index (κ3) is 7.93. The Morgan fingerprint density at radius 3 is 2.24 bits per heavy atom. The van der Waals surface area contributed by atoms with Gasteiger partial charge >= 0.3 is 5.97 Å². The van der Waals surface area contributed by atoms with Gasteiger partial charge in [-0.25, -0.2) is 0 Å². The highest BCUT2D eigenvalue weighted by Gasteiger charge is 2.39. The standard InChI is InChI=1S/C32H43NO4/c1-35-28-18-16-27(17-19-28)26-14-12-25(13-15-26)24-37-31-21-20-30(33-22-8-5-9-23-33)29(31)10-6-3-4-7-11-32(34)36-2/h3-4,12-19,29-31H,5-11,20-24H2,1-2H3/t29-,30+,31+/m1/s1. The molecule has 0 spiro atoms. The number of likely N-dealkylation sites (tertiary alicyclic amines) is 1. The van der Waals surface area contributed by atoms with Crippen LogP contribution in [0.4, 0.5) is 0 Å². The number of benzene rings is 2. The number of esters is 1. The molecule has 1 aliphatic heterocycles. The van der Waals surface area contributed by atoms with E-state index in [0.29, 0.717) is 31.1 Å². The zero-order chi connectivity index (χ0) is 25.9. The third-order valence-electron chi connectivity index (χ3n) is 8.00. The van der Waals surface area contributed by atoms with Crippen LogP contribution in [0.5, 0.6) is 5.75 Å². The lowest BCUT2D eigenvalue weighted by atomic mass is 9.93. The van der Waals surface area contributed by atoms with Crippen LogP contribution in [0.15, 0.2) is 60.7 Å². The Hall–Kier alpha value is -2.63. The fraction of sp³-hybridized carbons (Fsp3) is 0.531. The molecule has 1 aliphatic carbocycles. The average Bonchev–Trinajstić information content (AvgIpc) is 3.37. The number of ether oxygens (including phenoxy) is 3. The van der Waals surface area contributed by atoms with Crippen molar-refractivity contribution >= 4 is 5.97 Å². The van der Waals surface area contributed by atoms with Gasteiger partial charge in [0, 0.05) is 18.4 Å². The van der Waals surface area contributed by atoms with Crippen molar-refractivity contribution in [3.63, 3.8) is 0 Å². The van der Waals surface area contributed by atoms with Gasteiger partial charge in [0.15, 0.2) is 0 Å². The number of rotatable bonds is 12. The van der Waals surface area contributed by atoms with Gasteiger partial charge in [0.1, 0.15) is 5.75 Å². The van der Waals surface area contributed by atoms with Gasteiger partial charge in [-0.1, -0.05) is 55.0 Å². The topological polar surface area (TPSA) is 48.0 Å². The highest BCUT2D eigenvalue weighted by Crippen LogP contribution is 2.37. The van der Waals surface area contributed by atoms with Gasteiger partial charge in [0.2, 0.25) is 0 Å². The van der Waals surface area contributed by atoms with Crippen LogP contribution in [-0.4, -0.2) is 50.3 Å². The largest absolute Gasteiger partial charge is 0.497 e. The Bertz CT molecular complexity index is 979. The lowest BCUT2D eigenvalue weighted by Gasteiger charge is -2.37. The van der Waals surface area contributed by atoms with E-state index >= 15 is 0 Å². The minimum atomic E-state index is -0.142. The zero-order valence-corrected chi connectivity index (χ0v) is 22.6. The van der Waals surface area contributed by atoms with Crippen molar-refractivity contribution in [2.45, 2.75) is 76.5 Å². The minimum absolute atomic E-state index is 0.142. The third-order valence-corrected chi connectivity index (χ3v) is 8.00. The predicted molar refractivity (Wildman–Crippen MR) is 149 cm³/mol. The minimum Gasteiger partial charge on any atom is -0.497 e. The molecule has 1 saturated heterocycles. The van der Waals surface area contributed by atoms with Gasteiger partial charge in [-0.15, -0.1) is 0 Å². The first-order chi connectivity index (χ1) is 18.2. The van der Waals surface area contributed by atoms with Gasteiger partial charge < -0.3 is 19.1 Å². The Balaban J connectivity index is 1.33. The second-order valence-electron chi connectivity index (χ2n) is 10.3. The van der Waals surface area contributed by atoms with E-state index in [1.807, 2.05) is 12.1 Å². The SMILES string of the molecule is COC(=O)CCC=CCC[C@H]1[C@@H](OCc2ccc(-c3ccc(OC)cc3)cc2)CC[C@@H]1N1CCCCC1. The normalized spacial score (nSPS) is 22.4. The Labute approximate surface area is 222 Å². The van der Waals surface area contributed by atoms with Gasteiger partial charge in [-0.05, 0) is 86.9 Å². The molecule has 5 nitrogen and oxygen atoms in total. The van der Waals surface area contributed by atoms with Crippen LogP contribution in [0, 0.1) is 5.92 Å². The van der Waals surface area contributed by atoms with Crippen molar-refractivity contribution < 1.29 is 19.0 Å². The second kappa shape index (κ2) is 14.3. The van der Waals surface area contributed by atoms with Gasteiger partial charge in [-0.2, -0.15) is 0 Å². The van der Waals surface area contributed by atoms with E-state index in [9.17, 15) is 4.79 Å². The summed E-state index contributed by atoms with van der Waals surface area (Å²) in [4.78, 5) is 14.1. The number of methoxy groups -OCH3 is 2. The summed E-state index contributed by atoms with van der Waals surface area (Å²) in [6, 6.07) is 17.6. The maximum absolute atomic E-state index is 11.3. The molecule has 4 rings (SSSR count). The number of hydrogen-bond donors (Lipinski definition) is 0. The number of carbonyl (C=O) groups is 1. The van der Waals surface area contributed by atoms with Gasteiger partial charge in [0.25, 0.3) is 0 Å². The van der Waals surface area contributed by atoms with E-state index in [-0.39, 0.29) is 5.97 Å². The monoisotopic (exact) mass is 505 g/mol. The second-order valence-corrected chi connectivity index (χ2v) is 10.3. The van der Waals surface area contributed by atoms with Crippen molar-refractivity contribution in [3.05, 3.63) is 66.2 Å². The van der Waals surface area contributed by atoms with Crippen LogP contribution in [-0.2, 0) is 20.9 Å². The summed E-state index contributed by atoms with van der Waals surface area (Å²) in [6.45, 7) is 3.12. The lowest BCUT2D eigenvalue weighted by Crippen LogP contribution is -2.43. The highest BCUT2D eigenvalue weighted by molar-refractivity contribution is 5.69. The van der Waals surface area contributed by atoms with Crippen LogP contribution < -0.4 is 4.74 Å². The van der Waals surface area contributed by atoms with Crippen molar-refractivity contribution in [2.75, 3.05) is 27.3 Å². The van der Waals surface area contributed by atoms with Crippen LogP contribution in [0.2, 0.25) is 0 Å². The van der Waals surface area contributed by atoms with E-state index in [0.717, 1.165) is 31.4 Å². The summed E-state index contributed by atoms with van der Waals surface area (Å²) in [6.07, 6.45) is 14.4. The van der Waals surface area contributed by atoms with Crippen LogP contribution in [0.25, 0.3) is 11.1 Å². The molecule has 1 saturated carbocycles. The van der Waals surface area contributed by atoms with Crippen LogP contribution >= 0.6 is 0 Å².